The summed E-state index contributed by atoms with van der Waals surface area (Å²) in [5.41, 5.74) is -0.205. The summed E-state index contributed by atoms with van der Waals surface area (Å²) in [4.78, 5) is 17.1. The van der Waals surface area contributed by atoms with E-state index in [1.54, 1.807) is 11.6 Å². The van der Waals surface area contributed by atoms with Gasteiger partial charge in [-0.15, -0.1) is 0 Å². The third kappa shape index (κ3) is 3.07. The number of carbonyl (C=O) groups excluding carboxylic acids is 1. The van der Waals surface area contributed by atoms with Gasteiger partial charge >= 0.3 is 6.18 Å². The molecule has 1 aromatic carbocycles. The molecule has 4 nitrogen and oxygen atoms in total. The van der Waals surface area contributed by atoms with Crippen LogP contribution in [-0.2, 0) is 13.2 Å². The van der Waals surface area contributed by atoms with Crippen LogP contribution in [0.4, 0.5) is 23.2 Å². The quantitative estimate of drug-likeness (QED) is 0.655. The minimum atomic E-state index is -4.61. The summed E-state index contributed by atoms with van der Waals surface area (Å²) in [7, 11) is 3.06. The molecular weight excluding hydrogens is 338 g/mol. The van der Waals surface area contributed by atoms with Crippen LogP contribution in [0.15, 0.2) is 42.7 Å². The number of hydrogen-bond acceptors (Lipinski definition) is 2. The van der Waals surface area contributed by atoms with Gasteiger partial charge in [0.1, 0.15) is 11.5 Å². The van der Waals surface area contributed by atoms with E-state index < -0.39 is 23.6 Å². The SMILES string of the molecule is CN(C(=O)c1cn(C)c2ccc(F)cc12)c1ccnc(C(F)(F)F)c1. The second kappa shape index (κ2) is 5.87. The van der Waals surface area contributed by atoms with Crippen molar-refractivity contribution in [1.29, 1.82) is 0 Å². The molecule has 130 valence electrons. The van der Waals surface area contributed by atoms with E-state index >= 15 is 0 Å². The number of halogens is 4. The fourth-order valence-electron chi connectivity index (χ4n) is 2.62. The van der Waals surface area contributed by atoms with Crippen molar-refractivity contribution in [2.45, 2.75) is 6.18 Å². The lowest BCUT2D eigenvalue weighted by Gasteiger charge is -2.18. The standard InChI is InChI=1S/C17H13F4N3O/c1-23-9-13(12-7-10(18)3-4-14(12)23)16(25)24(2)11-5-6-22-15(8-11)17(19,20)21/h3-9H,1-2H3. The number of amides is 1. The number of anilines is 1. The van der Waals surface area contributed by atoms with Crippen molar-refractivity contribution >= 4 is 22.5 Å². The molecule has 0 atom stereocenters. The highest BCUT2D eigenvalue weighted by atomic mass is 19.4. The maximum atomic E-state index is 13.5. The molecule has 0 radical (unpaired) electrons. The third-order valence-electron chi connectivity index (χ3n) is 3.91. The van der Waals surface area contributed by atoms with Crippen molar-refractivity contribution in [3.63, 3.8) is 0 Å². The molecule has 2 heterocycles. The molecule has 3 aromatic rings. The van der Waals surface area contributed by atoms with Crippen LogP contribution in [-0.4, -0.2) is 22.5 Å². The molecule has 0 bridgehead atoms. The molecule has 25 heavy (non-hydrogen) atoms. The zero-order chi connectivity index (χ0) is 18.4. The molecule has 0 saturated carbocycles. The van der Waals surface area contributed by atoms with Gasteiger partial charge in [-0.1, -0.05) is 0 Å². The lowest BCUT2D eigenvalue weighted by Crippen LogP contribution is -2.26. The average molecular weight is 351 g/mol. The minimum Gasteiger partial charge on any atom is -0.350 e. The van der Waals surface area contributed by atoms with Crippen molar-refractivity contribution < 1.29 is 22.4 Å². The molecular formula is C17H13F4N3O. The summed E-state index contributed by atoms with van der Waals surface area (Å²) in [6.45, 7) is 0. The summed E-state index contributed by atoms with van der Waals surface area (Å²) in [5.74, 6) is -1.05. The molecule has 0 unspecified atom stereocenters. The van der Waals surface area contributed by atoms with Gasteiger partial charge in [0.15, 0.2) is 0 Å². The van der Waals surface area contributed by atoms with E-state index in [0.717, 1.165) is 17.2 Å². The van der Waals surface area contributed by atoms with E-state index in [9.17, 15) is 22.4 Å². The lowest BCUT2D eigenvalue weighted by atomic mass is 10.1. The van der Waals surface area contributed by atoms with Crippen molar-refractivity contribution in [3.05, 3.63) is 59.8 Å². The first-order valence-corrected chi connectivity index (χ1v) is 7.24. The van der Waals surface area contributed by atoms with Crippen molar-refractivity contribution in [2.75, 3.05) is 11.9 Å². The number of benzene rings is 1. The number of fused-ring (bicyclic) bond motifs is 1. The third-order valence-corrected chi connectivity index (χ3v) is 3.91. The number of rotatable bonds is 2. The number of carbonyl (C=O) groups is 1. The topological polar surface area (TPSA) is 38.1 Å². The number of pyridine rings is 1. The Labute approximate surface area is 140 Å². The second-order valence-electron chi connectivity index (χ2n) is 5.58. The Morgan fingerprint density at radius 1 is 1.20 bits per heavy atom. The lowest BCUT2D eigenvalue weighted by molar-refractivity contribution is -0.141. The first-order chi connectivity index (χ1) is 11.7. The summed E-state index contributed by atoms with van der Waals surface area (Å²) >= 11 is 0. The van der Waals surface area contributed by atoms with Gasteiger partial charge in [0, 0.05) is 43.1 Å². The number of hydrogen-bond donors (Lipinski definition) is 0. The molecule has 0 aliphatic heterocycles. The zero-order valence-electron chi connectivity index (χ0n) is 13.3. The fraction of sp³-hybridized carbons (Fsp3) is 0.176. The smallest absolute Gasteiger partial charge is 0.350 e. The van der Waals surface area contributed by atoms with Crippen LogP contribution < -0.4 is 4.90 Å². The van der Waals surface area contributed by atoms with Gasteiger partial charge in [-0.25, -0.2) is 4.39 Å². The number of aryl methyl sites for hydroxylation is 1. The van der Waals surface area contributed by atoms with E-state index in [2.05, 4.69) is 4.98 Å². The van der Waals surface area contributed by atoms with Crippen molar-refractivity contribution in [1.82, 2.24) is 9.55 Å². The normalized spacial score (nSPS) is 11.8. The van der Waals surface area contributed by atoms with Crippen LogP contribution in [0.3, 0.4) is 0 Å². The van der Waals surface area contributed by atoms with Gasteiger partial charge in [0.2, 0.25) is 0 Å². The van der Waals surface area contributed by atoms with E-state index in [4.69, 9.17) is 0 Å². The Balaban J connectivity index is 2.03. The van der Waals surface area contributed by atoms with Gasteiger partial charge in [0.05, 0.1) is 5.56 Å². The van der Waals surface area contributed by atoms with Crippen LogP contribution in [0.5, 0.6) is 0 Å². The zero-order valence-corrected chi connectivity index (χ0v) is 13.3. The molecule has 0 spiro atoms. The highest BCUT2D eigenvalue weighted by Crippen LogP contribution is 2.30. The first kappa shape index (κ1) is 16.9. The number of nitrogens with zero attached hydrogens (tertiary/aromatic N) is 3. The maximum Gasteiger partial charge on any atom is 0.433 e. The Morgan fingerprint density at radius 3 is 2.60 bits per heavy atom. The van der Waals surface area contributed by atoms with Crippen LogP contribution in [0.2, 0.25) is 0 Å². The van der Waals surface area contributed by atoms with E-state index in [0.29, 0.717) is 10.9 Å². The Bertz CT molecular complexity index is 962. The van der Waals surface area contributed by atoms with Crippen LogP contribution in [0, 0.1) is 5.82 Å². The van der Waals surface area contributed by atoms with Gasteiger partial charge in [-0.2, -0.15) is 13.2 Å². The maximum absolute atomic E-state index is 13.5. The molecule has 0 saturated heterocycles. The summed E-state index contributed by atoms with van der Waals surface area (Å²) < 4.78 is 53.6. The Kier molecular flexibility index (Phi) is 3.98. The summed E-state index contributed by atoms with van der Waals surface area (Å²) in [6.07, 6.45) is -2.10. The predicted molar refractivity (Wildman–Crippen MR) is 84.8 cm³/mol. The van der Waals surface area contributed by atoms with Crippen LogP contribution >= 0.6 is 0 Å². The van der Waals surface area contributed by atoms with Gasteiger partial charge in [0.25, 0.3) is 5.91 Å². The van der Waals surface area contributed by atoms with Crippen LogP contribution in [0.25, 0.3) is 10.9 Å². The van der Waals surface area contributed by atoms with Gasteiger partial charge < -0.3 is 9.47 Å². The molecule has 0 aliphatic rings. The average Bonchev–Trinajstić information content (AvgIpc) is 2.89. The van der Waals surface area contributed by atoms with E-state index in [1.165, 1.54) is 37.5 Å². The van der Waals surface area contributed by atoms with Crippen LogP contribution in [0.1, 0.15) is 16.1 Å². The van der Waals surface area contributed by atoms with E-state index in [1.807, 2.05) is 0 Å². The first-order valence-electron chi connectivity index (χ1n) is 7.24. The number of aromatic nitrogens is 2. The predicted octanol–water partition coefficient (Wildman–Crippen LogP) is 4.01. The highest BCUT2D eigenvalue weighted by molar-refractivity contribution is 6.13. The van der Waals surface area contributed by atoms with Crippen molar-refractivity contribution in [2.24, 2.45) is 7.05 Å². The highest BCUT2D eigenvalue weighted by Gasteiger charge is 2.33. The Hall–Kier alpha value is -2.90. The summed E-state index contributed by atoms with van der Waals surface area (Å²) in [5, 5.41) is 0.393. The van der Waals surface area contributed by atoms with Gasteiger partial charge in [-0.3, -0.25) is 9.78 Å². The summed E-state index contributed by atoms with van der Waals surface area (Å²) in [6, 6.07) is 6.14. The fourth-order valence-corrected chi connectivity index (χ4v) is 2.62. The molecule has 0 fully saturated rings. The minimum absolute atomic E-state index is 0.0423. The molecule has 3 rings (SSSR count). The molecule has 0 N–H and O–H groups in total. The monoisotopic (exact) mass is 351 g/mol. The second-order valence-corrected chi connectivity index (χ2v) is 5.58. The molecule has 1 amide bonds. The van der Waals surface area contributed by atoms with Crippen molar-refractivity contribution in [3.8, 4) is 0 Å². The van der Waals surface area contributed by atoms with E-state index in [-0.39, 0.29) is 11.3 Å². The molecule has 0 aliphatic carbocycles. The molecule has 2 aromatic heterocycles. The molecule has 8 heteroatoms. The number of alkyl halides is 3. The van der Waals surface area contributed by atoms with Gasteiger partial charge in [-0.05, 0) is 30.3 Å². The Morgan fingerprint density at radius 2 is 1.92 bits per heavy atom. The largest absolute Gasteiger partial charge is 0.433 e.